The zero-order valence-electron chi connectivity index (χ0n) is 14.1. The largest absolute Gasteiger partial charge is 0.433 e. The number of aromatic nitrogens is 5. The molecule has 0 aromatic carbocycles. The number of rotatable bonds is 4. The number of carbonyl (C=O) groups excluding carboxylic acids is 1. The average molecular weight is 421 g/mol. The summed E-state index contributed by atoms with van der Waals surface area (Å²) < 4.78 is 41.8. The van der Waals surface area contributed by atoms with Crippen molar-refractivity contribution in [1.29, 1.82) is 0 Å². The first-order valence-corrected chi connectivity index (χ1v) is 8.50. The molecule has 0 spiro atoms. The van der Waals surface area contributed by atoms with Crippen molar-refractivity contribution >= 4 is 34.8 Å². The number of amides is 1. The summed E-state index contributed by atoms with van der Waals surface area (Å²) in [7, 11) is 0. The first-order valence-electron chi connectivity index (χ1n) is 7.75. The molecule has 3 aromatic heterocycles. The van der Waals surface area contributed by atoms with Crippen LogP contribution < -0.4 is 5.32 Å². The molecule has 1 amide bonds. The molecule has 0 atom stereocenters. The van der Waals surface area contributed by atoms with Crippen LogP contribution in [-0.4, -0.2) is 30.3 Å². The molecule has 1 N–H and O–H groups in total. The SMILES string of the molecule is CCn1cc(Cl)c(CNC(=O)c2nn3c(C(F)(F)F)cc(C)nc3c2Cl)n1. The Bertz CT molecular complexity index is 1030. The highest BCUT2D eigenvalue weighted by Crippen LogP contribution is 2.32. The van der Waals surface area contributed by atoms with Gasteiger partial charge in [0.2, 0.25) is 0 Å². The standard InChI is InChI=1S/C15H13Cl2F3N6O/c1-3-25-6-8(16)9(23-25)5-21-14(27)12-11(17)13-22-7(2)4-10(15(18,19)20)26(13)24-12/h4,6H,3,5H2,1-2H3,(H,21,27). The minimum atomic E-state index is -4.68. The van der Waals surface area contributed by atoms with Gasteiger partial charge < -0.3 is 5.32 Å². The van der Waals surface area contributed by atoms with E-state index in [4.69, 9.17) is 23.2 Å². The second kappa shape index (κ2) is 7.01. The van der Waals surface area contributed by atoms with E-state index in [0.717, 1.165) is 6.07 Å². The maximum atomic E-state index is 13.2. The second-order valence-electron chi connectivity index (χ2n) is 5.64. The summed E-state index contributed by atoms with van der Waals surface area (Å²) in [6, 6.07) is 0.829. The van der Waals surface area contributed by atoms with Crippen molar-refractivity contribution in [3.05, 3.63) is 45.1 Å². The summed E-state index contributed by atoms with van der Waals surface area (Å²) in [6.07, 6.45) is -3.08. The molecule has 0 aliphatic heterocycles. The van der Waals surface area contributed by atoms with Gasteiger partial charge in [-0.05, 0) is 19.9 Å². The third-order valence-electron chi connectivity index (χ3n) is 3.69. The van der Waals surface area contributed by atoms with Gasteiger partial charge in [-0.2, -0.15) is 23.4 Å². The van der Waals surface area contributed by atoms with Crippen molar-refractivity contribution in [1.82, 2.24) is 29.7 Å². The van der Waals surface area contributed by atoms with Crippen LogP contribution in [0.15, 0.2) is 12.3 Å². The quantitative estimate of drug-likeness (QED) is 0.700. The van der Waals surface area contributed by atoms with Gasteiger partial charge in [0.15, 0.2) is 11.3 Å². The van der Waals surface area contributed by atoms with Crippen LogP contribution in [0.1, 0.15) is 34.5 Å². The summed E-state index contributed by atoms with van der Waals surface area (Å²) in [5.41, 5.74) is -1.18. The smallest absolute Gasteiger partial charge is 0.345 e. The van der Waals surface area contributed by atoms with E-state index in [2.05, 4.69) is 20.5 Å². The molecule has 3 aromatic rings. The molecule has 144 valence electrons. The molecule has 0 aliphatic rings. The number of hydrogen-bond acceptors (Lipinski definition) is 4. The van der Waals surface area contributed by atoms with E-state index in [0.29, 0.717) is 21.8 Å². The summed E-state index contributed by atoms with van der Waals surface area (Å²) >= 11 is 12.1. The molecular weight excluding hydrogens is 408 g/mol. The van der Waals surface area contributed by atoms with Gasteiger partial charge in [0.1, 0.15) is 16.4 Å². The summed E-state index contributed by atoms with van der Waals surface area (Å²) in [4.78, 5) is 16.3. The van der Waals surface area contributed by atoms with E-state index in [1.165, 1.54) is 6.92 Å². The molecule has 0 radical (unpaired) electrons. The van der Waals surface area contributed by atoms with Gasteiger partial charge in [-0.1, -0.05) is 23.2 Å². The first-order chi connectivity index (χ1) is 12.6. The Kier molecular flexibility index (Phi) is 5.04. The number of carbonyl (C=O) groups is 1. The second-order valence-corrected chi connectivity index (χ2v) is 6.43. The van der Waals surface area contributed by atoms with Gasteiger partial charge in [-0.15, -0.1) is 0 Å². The van der Waals surface area contributed by atoms with Gasteiger partial charge in [0.05, 0.1) is 11.6 Å². The van der Waals surface area contributed by atoms with E-state index in [1.54, 1.807) is 10.9 Å². The molecule has 7 nitrogen and oxygen atoms in total. The molecule has 0 aliphatic carbocycles. The fraction of sp³-hybridized carbons (Fsp3) is 0.333. The van der Waals surface area contributed by atoms with E-state index in [1.807, 2.05) is 6.92 Å². The van der Waals surface area contributed by atoms with Crippen LogP contribution >= 0.6 is 23.2 Å². The predicted molar refractivity (Wildman–Crippen MR) is 91.8 cm³/mol. The molecule has 0 saturated heterocycles. The van der Waals surface area contributed by atoms with Gasteiger partial charge in [-0.3, -0.25) is 9.48 Å². The maximum Gasteiger partial charge on any atom is 0.433 e. The highest BCUT2D eigenvalue weighted by atomic mass is 35.5. The van der Waals surface area contributed by atoms with E-state index >= 15 is 0 Å². The fourth-order valence-electron chi connectivity index (χ4n) is 2.43. The zero-order chi connectivity index (χ0) is 19.9. The van der Waals surface area contributed by atoms with Crippen LogP contribution in [0.3, 0.4) is 0 Å². The monoisotopic (exact) mass is 420 g/mol. The molecule has 0 bridgehead atoms. The number of hydrogen-bond donors (Lipinski definition) is 1. The van der Waals surface area contributed by atoms with Crippen molar-refractivity contribution in [3.63, 3.8) is 0 Å². The van der Waals surface area contributed by atoms with Crippen LogP contribution in [0.4, 0.5) is 13.2 Å². The van der Waals surface area contributed by atoms with Crippen molar-refractivity contribution < 1.29 is 18.0 Å². The normalized spacial score (nSPS) is 12.0. The molecule has 0 saturated carbocycles. The molecule has 0 unspecified atom stereocenters. The van der Waals surface area contributed by atoms with E-state index < -0.39 is 17.8 Å². The van der Waals surface area contributed by atoms with Crippen LogP contribution in [0.5, 0.6) is 0 Å². The van der Waals surface area contributed by atoms with Crippen LogP contribution in [0, 0.1) is 6.92 Å². The lowest BCUT2D eigenvalue weighted by atomic mass is 10.3. The Balaban J connectivity index is 1.93. The molecule has 3 heterocycles. The average Bonchev–Trinajstić information content (AvgIpc) is 3.11. The minimum absolute atomic E-state index is 0.0343. The van der Waals surface area contributed by atoms with Gasteiger partial charge in [0, 0.05) is 18.4 Å². The van der Waals surface area contributed by atoms with Gasteiger partial charge in [-0.25, -0.2) is 9.50 Å². The fourth-order valence-corrected chi connectivity index (χ4v) is 2.89. The summed E-state index contributed by atoms with van der Waals surface area (Å²) in [5, 5.41) is 10.5. The van der Waals surface area contributed by atoms with E-state index in [9.17, 15) is 18.0 Å². The van der Waals surface area contributed by atoms with Crippen LogP contribution in [0.25, 0.3) is 5.65 Å². The first kappa shape index (κ1) is 19.4. The molecular formula is C15H13Cl2F3N6O. The number of nitrogens with zero attached hydrogens (tertiary/aromatic N) is 5. The van der Waals surface area contributed by atoms with Crippen LogP contribution in [-0.2, 0) is 19.3 Å². The molecule has 12 heteroatoms. The Morgan fingerprint density at radius 2 is 2.00 bits per heavy atom. The predicted octanol–water partition coefficient (Wildman–Crippen LogP) is 3.51. The molecule has 27 heavy (non-hydrogen) atoms. The number of alkyl halides is 3. The topological polar surface area (TPSA) is 77.1 Å². The highest BCUT2D eigenvalue weighted by Gasteiger charge is 2.36. The number of fused-ring (bicyclic) bond motifs is 1. The number of aryl methyl sites for hydroxylation is 2. The lowest BCUT2D eigenvalue weighted by Gasteiger charge is -2.09. The van der Waals surface area contributed by atoms with Crippen molar-refractivity contribution in [3.8, 4) is 0 Å². The van der Waals surface area contributed by atoms with E-state index in [-0.39, 0.29) is 28.6 Å². The lowest BCUT2D eigenvalue weighted by Crippen LogP contribution is -2.24. The van der Waals surface area contributed by atoms with Gasteiger partial charge >= 0.3 is 6.18 Å². The van der Waals surface area contributed by atoms with Crippen molar-refractivity contribution in [2.75, 3.05) is 0 Å². The minimum Gasteiger partial charge on any atom is -0.345 e. The summed E-state index contributed by atoms with van der Waals surface area (Å²) in [5.74, 6) is -0.765. The Labute approximate surface area is 161 Å². The maximum absolute atomic E-state index is 13.2. The highest BCUT2D eigenvalue weighted by molar-refractivity contribution is 6.36. The third-order valence-corrected chi connectivity index (χ3v) is 4.36. The molecule has 0 fully saturated rings. The van der Waals surface area contributed by atoms with Gasteiger partial charge in [0.25, 0.3) is 5.91 Å². The number of nitrogens with one attached hydrogen (secondary N) is 1. The Morgan fingerprint density at radius 3 is 2.59 bits per heavy atom. The van der Waals surface area contributed by atoms with Crippen LogP contribution in [0.2, 0.25) is 10.0 Å². The third kappa shape index (κ3) is 3.72. The van der Waals surface area contributed by atoms with Crippen molar-refractivity contribution in [2.24, 2.45) is 0 Å². The lowest BCUT2D eigenvalue weighted by molar-refractivity contribution is -0.142. The van der Waals surface area contributed by atoms with Crippen molar-refractivity contribution in [2.45, 2.75) is 33.1 Å². The zero-order valence-corrected chi connectivity index (χ0v) is 15.6. The summed E-state index contributed by atoms with van der Waals surface area (Å²) in [6.45, 7) is 3.82. The number of halogens is 5. The Hall–Kier alpha value is -2.33. The molecule has 3 rings (SSSR count). The Morgan fingerprint density at radius 1 is 1.30 bits per heavy atom.